The second-order valence-electron chi connectivity index (χ2n) is 5.48. The highest BCUT2D eigenvalue weighted by atomic mass is 15.1. The van der Waals surface area contributed by atoms with Crippen LogP contribution < -0.4 is 5.32 Å². The predicted molar refractivity (Wildman–Crippen MR) is 86.2 cm³/mol. The largest absolute Gasteiger partial charge is 0.335 e. The van der Waals surface area contributed by atoms with Crippen molar-refractivity contribution in [2.24, 2.45) is 0 Å². The first kappa shape index (κ1) is 15.7. The summed E-state index contributed by atoms with van der Waals surface area (Å²) in [4.78, 5) is 8.84. The zero-order chi connectivity index (χ0) is 15.1. The van der Waals surface area contributed by atoms with Crippen molar-refractivity contribution in [1.82, 2.24) is 19.9 Å². The smallest absolute Gasteiger partial charge is 0.110 e. The van der Waals surface area contributed by atoms with Gasteiger partial charge in [-0.1, -0.05) is 13.8 Å². The van der Waals surface area contributed by atoms with Gasteiger partial charge in [-0.25, -0.2) is 4.98 Å². The highest BCUT2D eigenvalue weighted by Gasteiger charge is 2.16. The standard InChI is InChI=1S/C17H26N4/c1-4-7-19-16(15-13-18-8-6-14(15)3)12-17-20-9-11-21(17)10-5-2/h6,8-9,11,13,16,19H,4-5,7,10,12H2,1-3H3. The lowest BCUT2D eigenvalue weighted by atomic mass is 10.0. The third-order valence-corrected chi connectivity index (χ3v) is 3.75. The van der Waals surface area contributed by atoms with E-state index in [1.807, 2.05) is 18.6 Å². The molecule has 0 fully saturated rings. The normalized spacial score (nSPS) is 12.5. The minimum Gasteiger partial charge on any atom is -0.335 e. The second-order valence-corrected chi connectivity index (χ2v) is 5.48. The monoisotopic (exact) mass is 286 g/mol. The Bertz CT molecular complexity index is 547. The van der Waals surface area contributed by atoms with E-state index in [2.05, 4.69) is 52.9 Å². The molecule has 0 spiro atoms. The van der Waals surface area contributed by atoms with Gasteiger partial charge in [0.1, 0.15) is 5.82 Å². The highest BCUT2D eigenvalue weighted by molar-refractivity contribution is 5.26. The van der Waals surface area contributed by atoms with Crippen molar-refractivity contribution in [3.63, 3.8) is 0 Å². The number of imidazole rings is 1. The maximum absolute atomic E-state index is 4.54. The first-order valence-corrected chi connectivity index (χ1v) is 7.90. The molecule has 0 aromatic carbocycles. The zero-order valence-corrected chi connectivity index (χ0v) is 13.3. The van der Waals surface area contributed by atoms with Crippen molar-refractivity contribution < 1.29 is 0 Å². The second kappa shape index (κ2) is 7.93. The summed E-state index contributed by atoms with van der Waals surface area (Å²) in [5, 5.41) is 3.64. The molecular weight excluding hydrogens is 260 g/mol. The average molecular weight is 286 g/mol. The molecule has 1 atom stereocenters. The Morgan fingerprint density at radius 3 is 2.81 bits per heavy atom. The van der Waals surface area contributed by atoms with Gasteiger partial charge in [0, 0.05) is 43.8 Å². The number of nitrogens with one attached hydrogen (secondary N) is 1. The van der Waals surface area contributed by atoms with Gasteiger partial charge in [0.05, 0.1) is 0 Å². The van der Waals surface area contributed by atoms with Crippen LogP contribution in [-0.4, -0.2) is 21.1 Å². The molecule has 4 heteroatoms. The van der Waals surface area contributed by atoms with Gasteiger partial charge in [0.2, 0.25) is 0 Å². The fourth-order valence-corrected chi connectivity index (χ4v) is 2.61. The molecule has 0 bridgehead atoms. The summed E-state index contributed by atoms with van der Waals surface area (Å²) in [5.74, 6) is 1.15. The molecule has 2 heterocycles. The molecule has 2 aromatic heterocycles. The SMILES string of the molecule is CCCNC(Cc1nccn1CCC)c1cnccc1C. The molecule has 2 rings (SSSR count). The molecule has 0 saturated carbocycles. The third-order valence-electron chi connectivity index (χ3n) is 3.75. The number of aromatic nitrogens is 3. The van der Waals surface area contributed by atoms with Crippen molar-refractivity contribution in [1.29, 1.82) is 0 Å². The quantitative estimate of drug-likeness (QED) is 0.810. The van der Waals surface area contributed by atoms with Gasteiger partial charge in [-0.05, 0) is 43.5 Å². The fraction of sp³-hybridized carbons (Fsp3) is 0.529. The third kappa shape index (κ3) is 4.14. The first-order valence-electron chi connectivity index (χ1n) is 7.90. The van der Waals surface area contributed by atoms with Crippen LogP contribution in [0, 0.1) is 6.92 Å². The zero-order valence-electron chi connectivity index (χ0n) is 13.3. The van der Waals surface area contributed by atoms with Crippen LogP contribution in [0.5, 0.6) is 0 Å². The lowest BCUT2D eigenvalue weighted by molar-refractivity contribution is 0.499. The Kier molecular flexibility index (Phi) is 5.93. The molecule has 4 nitrogen and oxygen atoms in total. The summed E-state index contributed by atoms with van der Waals surface area (Å²) in [6.45, 7) is 8.57. The molecule has 0 aliphatic rings. The van der Waals surface area contributed by atoms with Gasteiger partial charge in [-0.2, -0.15) is 0 Å². The molecule has 21 heavy (non-hydrogen) atoms. The molecule has 1 N–H and O–H groups in total. The summed E-state index contributed by atoms with van der Waals surface area (Å²) in [6.07, 6.45) is 11.0. The number of hydrogen-bond donors (Lipinski definition) is 1. The number of nitrogens with zero attached hydrogens (tertiary/aromatic N) is 3. The lowest BCUT2D eigenvalue weighted by Crippen LogP contribution is -2.26. The van der Waals surface area contributed by atoms with Crippen molar-refractivity contribution >= 4 is 0 Å². The van der Waals surface area contributed by atoms with E-state index in [0.717, 1.165) is 38.2 Å². The Morgan fingerprint density at radius 2 is 2.10 bits per heavy atom. The van der Waals surface area contributed by atoms with E-state index in [1.54, 1.807) is 0 Å². The van der Waals surface area contributed by atoms with Gasteiger partial charge in [0.15, 0.2) is 0 Å². The fourth-order valence-electron chi connectivity index (χ4n) is 2.61. The number of hydrogen-bond acceptors (Lipinski definition) is 3. The predicted octanol–water partition coefficient (Wildman–Crippen LogP) is 3.28. The van der Waals surface area contributed by atoms with E-state index in [1.165, 1.54) is 11.1 Å². The van der Waals surface area contributed by atoms with E-state index in [-0.39, 0.29) is 6.04 Å². The van der Waals surface area contributed by atoms with E-state index >= 15 is 0 Å². The molecule has 114 valence electrons. The number of aryl methyl sites for hydroxylation is 2. The molecular formula is C17H26N4. The lowest BCUT2D eigenvalue weighted by Gasteiger charge is -2.20. The average Bonchev–Trinajstić information content (AvgIpc) is 2.92. The van der Waals surface area contributed by atoms with Crippen molar-refractivity contribution in [3.05, 3.63) is 47.8 Å². The molecule has 0 aliphatic carbocycles. The summed E-state index contributed by atoms with van der Waals surface area (Å²) >= 11 is 0. The summed E-state index contributed by atoms with van der Waals surface area (Å²) < 4.78 is 2.26. The summed E-state index contributed by atoms with van der Waals surface area (Å²) in [5.41, 5.74) is 2.56. The maximum atomic E-state index is 4.54. The van der Waals surface area contributed by atoms with Gasteiger partial charge in [-0.15, -0.1) is 0 Å². The van der Waals surface area contributed by atoms with Gasteiger partial charge < -0.3 is 9.88 Å². The maximum Gasteiger partial charge on any atom is 0.110 e. The minimum absolute atomic E-state index is 0.275. The number of rotatable bonds is 8. The van der Waals surface area contributed by atoms with E-state index < -0.39 is 0 Å². The van der Waals surface area contributed by atoms with E-state index in [4.69, 9.17) is 0 Å². The Labute approximate surface area is 127 Å². The molecule has 0 aliphatic heterocycles. The van der Waals surface area contributed by atoms with Crippen LogP contribution in [0.2, 0.25) is 0 Å². The van der Waals surface area contributed by atoms with Crippen LogP contribution >= 0.6 is 0 Å². The van der Waals surface area contributed by atoms with Crippen molar-refractivity contribution in [2.45, 2.75) is 52.6 Å². The Morgan fingerprint density at radius 1 is 1.24 bits per heavy atom. The summed E-state index contributed by atoms with van der Waals surface area (Å²) in [6, 6.07) is 2.35. The van der Waals surface area contributed by atoms with Crippen LogP contribution in [0.1, 0.15) is 49.7 Å². The van der Waals surface area contributed by atoms with Crippen LogP contribution in [0.15, 0.2) is 30.9 Å². The molecule has 0 amide bonds. The highest BCUT2D eigenvalue weighted by Crippen LogP contribution is 2.20. The van der Waals surface area contributed by atoms with Gasteiger partial charge in [0.25, 0.3) is 0 Å². The number of pyridine rings is 1. The van der Waals surface area contributed by atoms with Crippen molar-refractivity contribution in [3.8, 4) is 0 Å². The molecule has 0 radical (unpaired) electrons. The topological polar surface area (TPSA) is 42.7 Å². The summed E-state index contributed by atoms with van der Waals surface area (Å²) in [7, 11) is 0. The van der Waals surface area contributed by atoms with Crippen molar-refractivity contribution in [2.75, 3.05) is 6.54 Å². The molecule has 0 saturated heterocycles. The van der Waals surface area contributed by atoms with E-state index in [0.29, 0.717) is 0 Å². The van der Waals surface area contributed by atoms with Crippen LogP contribution in [0.3, 0.4) is 0 Å². The van der Waals surface area contributed by atoms with Gasteiger partial charge in [-0.3, -0.25) is 4.98 Å². The molecule has 1 unspecified atom stereocenters. The Hall–Kier alpha value is -1.68. The Balaban J connectivity index is 2.20. The van der Waals surface area contributed by atoms with Crippen LogP contribution in [-0.2, 0) is 13.0 Å². The molecule has 2 aromatic rings. The van der Waals surface area contributed by atoms with Crippen LogP contribution in [0.4, 0.5) is 0 Å². The first-order chi connectivity index (χ1) is 10.3. The van der Waals surface area contributed by atoms with Gasteiger partial charge >= 0.3 is 0 Å². The van der Waals surface area contributed by atoms with E-state index in [9.17, 15) is 0 Å². The van der Waals surface area contributed by atoms with Crippen LogP contribution in [0.25, 0.3) is 0 Å². The minimum atomic E-state index is 0.275.